The molecule has 2 N–H and O–H groups in total. The predicted octanol–water partition coefficient (Wildman–Crippen LogP) is 1.62. The molecule has 0 radical (unpaired) electrons. The van der Waals surface area contributed by atoms with E-state index < -0.39 is 0 Å². The lowest BCUT2D eigenvalue weighted by Gasteiger charge is -2.06. The molecule has 2 aromatic heterocycles. The number of aryl methyl sites for hydroxylation is 1. The molecule has 0 aliphatic carbocycles. The number of hydrogen-bond acceptors (Lipinski definition) is 3. The van der Waals surface area contributed by atoms with Gasteiger partial charge >= 0.3 is 0 Å². The van der Waals surface area contributed by atoms with Crippen LogP contribution in [0.25, 0.3) is 5.65 Å². The van der Waals surface area contributed by atoms with E-state index in [2.05, 4.69) is 23.8 Å². The highest BCUT2D eigenvalue weighted by Crippen LogP contribution is 2.15. The summed E-state index contributed by atoms with van der Waals surface area (Å²) in [5, 5.41) is 0. The van der Waals surface area contributed by atoms with E-state index in [1.807, 2.05) is 23.6 Å². The minimum Gasteiger partial charge on any atom is -0.325 e. The maximum absolute atomic E-state index is 5.57. The SMILES string of the molecule is Cc1nc(C(C)C)cc2nc(CN)cn12. The summed E-state index contributed by atoms with van der Waals surface area (Å²) < 4.78 is 1.98. The number of rotatable bonds is 2. The Morgan fingerprint density at radius 1 is 1.40 bits per heavy atom. The largest absolute Gasteiger partial charge is 0.325 e. The zero-order valence-electron chi connectivity index (χ0n) is 9.36. The molecule has 2 aromatic rings. The first-order valence-electron chi connectivity index (χ1n) is 5.17. The van der Waals surface area contributed by atoms with E-state index in [-0.39, 0.29) is 0 Å². The van der Waals surface area contributed by atoms with Crippen LogP contribution in [0.1, 0.15) is 37.0 Å². The molecule has 15 heavy (non-hydrogen) atoms. The third kappa shape index (κ3) is 1.72. The number of imidazole rings is 1. The van der Waals surface area contributed by atoms with Crippen LogP contribution in [0.2, 0.25) is 0 Å². The first-order valence-corrected chi connectivity index (χ1v) is 5.17. The van der Waals surface area contributed by atoms with Crippen LogP contribution in [-0.4, -0.2) is 14.4 Å². The minimum atomic E-state index is 0.423. The van der Waals surface area contributed by atoms with Gasteiger partial charge in [0.2, 0.25) is 0 Å². The molecule has 2 rings (SSSR count). The summed E-state index contributed by atoms with van der Waals surface area (Å²) in [5.74, 6) is 1.38. The molecule has 0 unspecified atom stereocenters. The van der Waals surface area contributed by atoms with Gasteiger partial charge in [-0.3, -0.25) is 4.40 Å². The van der Waals surface area contributed by atoms with Crippen molar-refractivity contribution >= 4 is 5.65 Å². The summed E-state index contributed by atoms with van der Waals surface area (Å²) in [6.07, 6.45) is 1.95. The van der Waals surface area contributed by atoms with Crippen molar-refractivity contribution in [3.63, 3.8) is 0 Å². The summed E-state index contributed by atoms with van der Waals surface area (Å²) in [4.78, 5) is 8.96. The number of nitrogens with two attached hydrogens (primary N) is 1. The van der Waals surface area contributed by atoms with Gasteiger partial charge in [-0.15, -0.1) is 0 Å². The maximum Gasteiger partial charge on any atom is 0.140 e. The van der Waals surface area contributed by atoms with Crippen molar-refractivity contribution in [2.45, 2.75) is 33.2 Å². The highest BCUT2D eigenvalue weighted by molar-refractivity contribution is 5.42. The molecule has 4 nitrogen and oxygen atoms in total. The fourth-order valence-corrected chi connectivity index (χ4v) is 1.61. The van der Waals surface area contributed by atoms with Crippen molar-refractivity contribution in [2.75, 3.05) is 0 Å². The van der Waals surface area contributed by atoms with Gasteiger partial charge < -0.3 is 5.73 Å². The van der Waals surface area contributed by atoms with Crippen LogP contribution < -0.4 is 5.73 Å². The summed E-state index contributed by atoms with van der Waals surface area (Å²) >= 11 is 0. The summed E-state index contributed by atoms with van der Waals surface area (Å²) in [7, 11) is 0. The quantitative estimate of drug-likeness (QED) is 0.808. The zero-order chi connectivity index (χ0) is 11.0. The zero-order valence-corrected chi connectivity index (χ0v) is 9.36. The number of aromatic nitrogens is 3. The number of nitrogens with zero attached hydrogens (tertiary/aromatic N) is 3. The molecular weight excluding hydrogens is 188 g/mol. The Morgan fingerprint density at radius 2 is 2.13 bits per heavy atom. The highest BCUT2D eigenvalue weighted by Gasteiger charge is 2.08. The van der Waals surface area contributed by atoms with Crippen LogP contribution in [0.15, 0.2) is 12.3 Å². The average molecular weight is 204 g/mol. The normalized spacial score (nSPS) is 11.5. The van der Waals surface area contributed by atoms with Gasteiger partial charge in [0, 0.05) is 24.5 Å². The Bertz CT molecular complexity index is 485. The molecule has 0 saturated heterocycles. The Hall–Kier alpha value is -1.42. The molecule has 2 heterocycles. The molecule has 80 valence electrons. The van der Waals surface area contributed by atoms with E-state index in [9.17, 15) is 0 Å². The van der Waals surface area contributed by atoms with E-state index in [1.165, 1.54) is 0 Å². The van der Waals surface area contributed by atoms with E-state index in [1.54, 1.807) is 0 Å². The fourth-order valence-electron chi connectivity index (χ4n) is 1.61. The van der Waals surface area contributed by atoms with E-state index in [0.717, 1.165) is 22.9 Å². The Morgan fingerprint density at radius 3 is 2.73 bits per heavy atom. The molecule has 0 atom stereocenters. The molecule has 0 spiro atoms. The second-order valence-corrected chi connectivity index (χ2v) is 4.05. The van der Waals surface area contributed by atoms with Crippen LogP contribution in [0.4, 0.5) is 0 Å². The van der Waals surface area contributed by atoms with Crippen molar-refractivity contribution < 1.29 is 0 Å². The highest BCUT2D eigenvalue weighted by atomic mass is 15.1. The molecule has 0 aliphatic rings. The van der Waals surface area contributed by atoms with Crippen molar-refractivity contribution in [2.24, 2.45) is 5.73 Å². The Labute approximate surface area is 89.2 Å². The minimum absolute atomic E-state index is 0.423. The van der Waals surface area contributed by atoms with E-state index in [0.29, 0.717) is 12.5 Å². The van der Waals surface area contributed by atoms with Gasteiger partial charge in [0.25, 0.3) is 0 Å². The van der Waals surface area contributed by atoms with Gasteiger partial charge in [-0.05, 0) is 12.8 Å². The lowest BCUT2D eigenvalue weighted by atomic mass is 10.1. The van der Waals surface area contributed by atoms with Gasteiger partial charge in [-0.2, -0.15) is 0 Å². The van der Waals surface area contributed by atoms with Crippen molar-refractivity contribution in [3.8, 4) is 0 Å². The molecule has 0 bridgehead atoms. The van der Waals surface area contributed by atoms with Gasteiger partial charge in [-0.25, -0.2) is 9.97 Å². The molecular formula is C11H16N4. The standard InChI is InChI=1S/C11H16N4/c1-7(2)10-4-11-14-9(5-12)6-15(11)8(3)13-10/h4,6-7H,5,12H2,1-3H3. The molecule has 0 saturated carbocycles. The van der Waals surface area contributed by atoms with Gasteiger partial charge in [0.1, 0.15) is 11.5 Å². The molecule has 4 heteroatoms. The summed E-state index contributed by atoms with van der Waals surface area (Å²) in [5.41, 5.74) is 8.48. The van der Waals surface area contributed by atoms with Crippen LogP contribution >= 0.6 is 0 Å². The summed E-state index contributed by atoms with van der Waals surface area (Å²) in [6.45, 7) is 6.72. The van der Waals surface area contributed by atoms with Crippen LogP contribution in [0.5, 0.6) is 0 Å². The maximum atomic E-state index is 5.57. The van der Waals surface area contributed by atoms with Crippen molar-refractivity contribution in [3.05, 3.63) is 29.5 Å². The molecule has 0 amide bonds. The third-order valence-corrected chi connectivity index (χ3v) is 2.50. The third-order valence-electron chi connectivity index (χ3n) is 2.50. The van der Waals surface area contributed by atoms with E-state index in [4.69, 9.17) is 5.73 Å². The second-order valence-electron chi connectivity index (χ2n) is 4.05. The first-order chi connectivity index (χ1) is 7.11. The lowest BCUT2D eigenvalue weighted by Crippen LogP contribution is -2.00. The van der Waals surface area contributed by atoms with Crippen LogP contribution in [0.3, 0.4) is 0 Å². The van der Waals surface area contributed by atoms with Gasteiger partial charge in [-0.1, -0.05) is 13.8 Å². The number of hydrogen-bond donors (Lipinski definition) is 1. The van der Waals surface area contributed by atoms with Crippen molar-refractivity contribution in [1.82, 2.24) is 14.4 Å². The van der Waals surface area contributed by atoms with E-state index >= 15 is 0 Å². The Kier molecular flexibility index (Phi) is 2.44. The molecule has 0 fully saturated rings. The number of fused-ring (bicyclic) bond motifs is 1. The smallest absolute Gasteiger partial charge is 0.140 e. The fraction of sp³-hybridized carbons (Fsp3) is 0.455. The lowest BCUT2D eigenvalue weighted by molar-refractivity contribution is 0.796. The molecule has 0 aliphatic heterocycles. The van der Waals surface area contributed by atoms with Gasteiger partial charge in [0.15, 0.2) is 0 Å². The van der Waals surface area contributed by atoms with Gasteiger partial charge in [0.05, 0.1) is 5.69 Å². The van der Waals surface area contributed by atoms with Crippen molar-refractivity contribution in [1.29, 1.82) is 0 Å². The monoisotopic (exact) mass is 204 g/mol. The average Bonchev–Trinajstić information content (AvgIpc) is 2.61. The topological polar surface area (TPSA) is 56.2 Å². The van der Waals surface area contributed by atoms with Crippen LogP contribution in [0, 0.1) is 6.92 Å². The second kappa shape index (κ2) is 3.62. The Balaban J connectivity index is 2.65. The first kappa shape index (κ1) is 10.1. The summed E-state index contributed by atoms with van der Waals surface area (Å²) in [6, 6.07) is 2.02. The van der Waals surface area contributed by atoms with Crippen LogP contribution in [-0.2, 0) is 6.54 Å². The molecule has 0 aromatic carbocycles. The predicted molar refractivity (Wildman–Crippen MR) is 59.7 cm³/mol.